The molecular weight excluding hydrogens is 244 g/mol. The van der Waals surface area contributed by atoms with Crippen molar-refractivity contribution in [3.63, 3.8) is 0 Å². The van der Waals surface area contributed by atoms with Gasteiger partial charge in [-0.05, 0) is 25.7 Å². The fourth-order valence-corrected chi connectivity index (χ4v) is 2.46. The number of aromatic nitrogens is 2. The summed E-state index contributed by atoms with van der Waals surface area (Å²) >= 11 is 0. The van der Waals surface area contributed by atoms with Gasteiger partial charge in [-0.2, -0.15) is 4.98 Å². The standard InChI is InChI=1S/C12H20N6O/c1-8-7-15-12(17-14)16-11(8)18-4-2-9(3-5-18)6-10(13)19/h7,9H,2-6,14H2,1H3,(H2,13,19)(H,15,16,17). The van der Waals surface area contributed by atoms with Crippen molar-refractivity contribution in [3.8, 4) is 0 Å². The maximum Gasteiger partial charge on any atom is 0.239 e. The Labute approximate surface area is 112 Å². The lowest BCUT2D eigenvalue weighted by Crippen LogP contribution is -2.36. The van der Waals surface area contributed by atoms with Crippen LogP contribution in [-0.2, 0) is 4.79 Å². The van der Waals surface area contributed by atoms with Crippen molar-refractivity contribution < 1.29 is 4.79 Å². The van der Waals surface area contributed by atoms with Gasteiger partial charge >= 0.3 is 0 Å². The van der Waals surface area contributed by atoms with Crippen LogP contribution in [0.2, 0.25) is 0 Å². The number of nitrogen functional groups attached to an aromatic ring is 1. The smallest absolute Gasteiger partial charge is 0.239 e. The number of anilines is 2. The number of hydrogen-bond donors (Lipinski definition) is 3. The fraction of sp³-hybridized carbons (Fsp3) is 0.583. The van der Waals surface area contributed by atoms with Gasteiger partial charge in [0.05, 0.1) is 0 Å². The predicted octanol–water partition coefficient (Wildman–Crippen LogP) is 0.162. The second-order valence-corrected chi connectivity index (χ2v) is 4.95. The van der Waals surface area contributed by atoms with E-state index >= 15 is 0 Å². The first-order valence-electron chi connectivity index (χ1n) is 6.43. The molecule has 1 aliphatic heterocycles. The van der Waals surface area contributed by atoms with Gasteiger partial charge in [-0.25, -0.2) is 10.8 Å². The molecule has 104 valence electrons. The predicted molar refractivity (Wildman–Crippen MR) is 73.3 cm³/mol. The van der Waals surface area contributed by atoms with Gasteiger partial charge in [0.15, 0.2) is 0 Å². The van der Waals surface area contributed by atoms with Crippen LogP contribution in [0.15, 0.2) is 6.20 Å². The summed E-state index contributed by atoms with van der Waals surface area (Å²) in [4.78, 5) is 21.6. The summed E-state index contributed by atoms with van der Waals surface area (Å²) in [7, 11) is 0. The number of hydrogen-bond acceptors (Lipinski definition) is 6. The van der Waals surface area contributed by atoms with E-state index in [0.717, 1.165) is 37.3 Å². The molecular formula is C12H20N6O. The molecule has 0 aromatic carbocycles. The molecule has 2 rings (SSSR count). The normalized spacial score (nSPS) is 16.4. The highest BCUT2D eigenvalue weighted by Crippen LogP contribution is 2.26. The molecule has 1 saturated heterocycles. The molecule has 0 saturated carbocycles. The van der Waals surface area contributed by atoms with Crippen molar-refractivity contribution in [2.75, 3.05) is 23.4 Å². The molecule has 7 heteroatoms. The van der Waals surface area contributed by atoms with Crippen LogP contribution in [0.25, 0.3) is 0 Å². The molecule has 0 unspecified atom stereocenters. The molecule has 19 heavy (non-hydrogen) atoms. The van der Waals surface area contributed by atoms with Gasteiger partial charge in [-0.3, -0.25) is 10.2 Å². The Bertz CT molecular complexity index is 456. The monoisotopic (exact) mass is 264 g/mol. The zero-order valence-corrected chi connectivity index (χ0v) is 11.1. The van der Waals surface area contributed by atoms with Gasteiger partial charge in [-0.15, -0.1) is 0 Å². The highest BCUT2D eigenvalue weighted by atomic mass is 16.1. The van der Waals surface area contributed by atoms with E-state index in [1.807, 2.05) is 6.92 Å². The fourth-order valence-electron chi connectivity index (χ4n) is 2.46. The number of nitrogens with two attached hydrogens (primary N) is 2. The highest BCUT2D eigenvalue weighted by Gasteiger charge is 2.22. The number of aryl methyl sites for hydroxylation is 1. The molecule has 0 radical (unpaired) electrons. The molecule has 1 aliphatic rings. The van der Waals surface area contributed by atoms with E-state index in [1.165, 1.54) is 0 Å². The average molecular weight is 264 g/mol. The summed E-state index contributed by atoms with van der Waals surface area (Å²) < 4.78 is 0. The lowest BCUT2D eigenvalue weighted by atomic mass is 9.93. The summed E-state index contributed by atoms with van der Waals surface area (Å²) in [6, 6.07) is 0. The Hall–Kier alpha value is -1.89. The molecule has 7 nitrogen and oxygen atoms in total. The molecule has 0 spiro atoms. The molecule has 1 amide bonds. The van der Waals surface area contributed by atoms with Crippen LogP contribution in [0, 0.1) is 12.8 Å². The van der Waals surface area contributed by atoms with Gasteiger partial charge < -0.3 is 10.6 Å². The zero-order chi connectivity index (χ0) is 13.8. The number of hydrazine groups is 1. The number of primary amides is 1. The lowest BCUT2D eigenvalue weighted by Gasteiger charge is -2.33. The zero-order valence-electron chi connectivity index (χ0n) is 11.1. The van der Waals surface area contributed by atoms with Crippen molar-refractivity contribution in [1.82, 2.24) is 9.97 Å². The topological polar surface area (TPSA) is 110 Å². The molecule has 2 heterocycles. The van der Waals surface area contributed by atoms with Crippen molar-refractivity contribution in [2.45, 2.75) is 26.2 Å². The summed E-state index contributed by atoms with van der Waals surface area (Å²) in [5.41, 5.74) is 8.71. The molecule has 0 bridgehead atoms. The summed E-state index contributed by atoms with van der Waals surface area (Å²) in [5.74, 6) is 6.83. The minimum Gasteiger partial charge on any atom is -0.370 e. The van der Waals surface area contributed by atoms with Gasteiger partial charge in [0, 0.05) is 31.3 Å². The molecule has 5 N–H and O–H groups in total. The molecule has 1 fully saturated rings. The summed E-state index contributed by atoms with van der Waals surface area (Å²) in [6.07, 6.45) is 4.15. The van der Waals surface area contributed by atoms with Gasteiger partial charge in [0.25, 0.3) is 0 Å². The number of carbonyl (C=O) groups excluding carboxylic acids is 1. The molecule has 1 aromatic rings. The van der Waals surface area contributed by atoms with Crippen LogP contribution in [0.1, 0.15) is 24.8 Å². The molecule has 0 atom stereocenters. The Kier molecular flexibility index (Phi) is 4.16. The minimum absolute atomic E-state index is 0.216. The van der Waals surface area contributed by atoms with Crippen molar-refractivity contribution in [2.24, 2.45) is 17.5 Å². The van der Waals surface area contributed by atoms with Crippen LogP contribution in [0.4, 0.5) is 11.8 Å². The van der Waals surface area contributed by atoms with E-state index in [4.69, 9.17) is 11.6 Å². The summed E-state index contributed by atoms with van der Waals surface area (Å²) in [5, 5.41) is 0. The van der Waals surface area contributed by atoms with E-state index in [1.54, 1.807) is 6.20 Å². The SMILES string of the molecule is Cc1cnc(NN)nc1N1CCC(CC(N)=O)CC1. The highest BCUT2D eigenvalue weighted by molar-refractivity contribution is 5.74. The van der Waals surface area contributed by atoms with Gasteiger partial charge in [0.2, 0.25) is 11.9 Å². The average Bonchev–Trinajstić information content (AvgIpc) is 2.40. The van der Waals surface area contributed by atoms with Gasteiger partial charge in [-0.1, -0.05) is 0 Å². The maximum atomic E-state index is 10.9. The summed E-state index contributed by atoms with van der Waals surface area (Å²) in [6.45, 7) is 3.73. The number of nitrogens with one attached hydrogen (secondary N) is 1. The van der Waals surface area contributed by atoms with Crippen LogP contribution in [0.5, 0.6) is 0 Å². The number of amides is 1. The van der Waals surface area contributed by atoms with Crippen LogP contribution in [0.3, 0.4) is 0 Å². The van der Waals surface area contributed by atoms with E-state index < -0.39 is 0 Å². The van der Waals surface area contributed by atoms with Crippen molar-refractivity contribution in [1.29, 1.82) is 0 Å². The first-order chi connectivity index (χ1) is 9.10. The quantitative estimate of drug-likeness (QED) is 0.528. The Morgan fingerprint density at radius 3 is 2.79 bits per heavy atom. The second-order valence-electron chi connectivity index (χ2n) is 4.95. The van der Waals surface area contributed by atoms with E-state index in [0.29, 0.717) is 18.3 Å². The second kappa shape index (κ2) is 5.83. The number of rotatable bonds is 4. The Morgan fingerprint density at radius 2 is 2.21 bits per heavy atom. The van der Waals surface area contributed by atoms with Crippen molar-refractivity contribution in [3.05, 3.63) is 11.8 Å². The Balaban J connectivity index is 2.03. The third-order valence-corrected chi connectivity index (χ3v) is 3.48. The van der Waals surface area contributed by atoms with E-state index in [2.05, 4.69) is 20.3 Å². The third kappa shape index (κ3) is 3.31. The maximum absolute atomic E-state index is 10.9. The van der Waals surface area contributed by atoms with E-state index in [9.17, 15) is 4.79 Å². The Morgan fingerprint density at radius 1 is 1.53 bits per heavy atom. The van der Waals surface area contributed by atoms with Gasteiger partial charge in [0.1, 0.15) is 5.82 Å². The minimum atomic E-state index is -0.216. The van der Waals surface area contributed by atoms with Crippen LogP contribution < -0.4 is 21.9 Å². The molecule has 1 aromatic heterocycles. The molecule has 0 aliphatic carbocycles. The third-order valence-electron chi connectivity index (χ3n) is 3.48. The van der Waals surface area contributed by atoms with E-state index in [-0.39, 0.29) is 5.91 Å². The first kappa shape index (κ1) is 13.5. The van der Waals surface area contributed by atoms with Crippen LogP contribution in [-0.4, -0.2) is 29.0 Å². The largest absolute Gasteiger partial charge is 0.370 e. The van der Waals surface area contributed by atoms with Crippen molar-refractivity contribution >= 4 is 17.7 Å². The first-order valence-corrected chi connectivity index (χ1v) is 6.43. The number of nitrogens with zero attached hydrogens (tertiary/aromatic N) is 3. The number of piperidine rings is 1. The number of carbonyl (C=O) groups is 1. The van der Waals surface area contributed by atoms with Crippen LogP contribution >= 0.6 is 0 Å². The lowest BCUT2D eigenvalue weighted by molar-refractivity contribution is -0.119.